The molecule has 1 atom stereocenters. The molecule has 0 spiro atoms. The van der Waals surface area contributed by atoms with Crippen LogP contribution in [0.3, 0.4) is 0 Å². The topological polar surface area (TPSA) is 87.3 Å². The molecule has 0 unspecified atom stereocenters. The van der Waals surface area contributed by atoms with E-state index in [1.54, 1.807) is 41.1 Å². The second-order valence-electron chi connectivity index (χ2n) is 5.71. The van der Waals surface area contributed by atoms with Gasteiger partial charge in [0.05, 0.1) is 6.33 Å². The third-order valence-electron chi connectivity index (χ3n) is 2.41. The lowest BCUT2D eigenvalue weighted by molar-refractivity contribution is -0.130. The quantitative estimate of drug-likeness (QED) is 0.860. The Bertz CT molecular complexity index is 449. The van der Waals surface area contributed by atoms with Crippen LogP contribution in [0.15, 0.2) is 12.5 Å². The van der Waals surface area contributed by atoms with Crippen LogP contribution < -0.4 is 5.32 Å². The highest BCUT2D eigenvalue weighted by Crippen LogP contribution is 2.08. The molecular weight excluding hydrogens is 260 g/mol. The van der Waals surface area contributed by atoms with Crippen molar-refractivity contribution in [2.75, 3.05) is 14.1 Å². The monoisotopic (exact) mass is 282 g/mol. The Balaban J connectivity index is 2.73. The molecule has 1 heterocycles. The summed E-state index contributed by atoms with van der Waals surface area (Å²) in [6, 6.07) is -0.694. The number of ether oxygens (including phenoxy) is 1. The highest BCUT2D eigenvalue weighted by molar-refractivity contribution is 5.85. The van der Waals surface area contributed by atoms with Gasteiger partial charge in [0.2, 0.25) is 5.91 Å². The number of aromatic nitrogens is 2. The summed E-state index contributed by atoms with van der Waals surface area (Å²) in [5.74, 6) is -0.203. The molecule has 0 aliphatic heterocycles. The normalized spacial score (nSPS) is 12.7. The standard InChI is InChI=1S/C13H22N4O3/c1-13(2,3)20-12(19)16-10(11(18)17(4)5)6-9-7-14-8-15-9/h7-8,10H,6H2,1-5H3,(H,14,15)(H,16,19)/t10-/m0/s1. The van der Waals surface area contributed by atoms with Crippen molar-refractivity contribution in [3.8, 4) is 0 Å². The minimum atomic E-state index is -0.694. The van der Waals surface area contributed by atoms with Gasteiger partial charge in [-0.1, -0.05) is 0 Å². The Labute approximate surface area is 118 Å². The molecular formula is C13H22N4O3. The molecule has 7 heteroatoms. The summed E-state index contributed by atoms with van der Waals surface area (Å²) >= 11 is 0. The maximum atomic E-state index is 12.1. The first-order chi connectivity index (χ1) is 9.19. The molecule has 2 N–H and O–H groups in total. The van der Waals surface area contributed by atoms with E-state index in [9.17, 15) is 9.59 Å². The van der Waals surface area contributed by atoms with Crippen molar-refractivity contribution in [1.29, 1.82) is 0 Å². The van der Waals surface area contributed by atoms with Crippen LogP contribution in [0.5, 0.6) is 0 Å². The van der Waals surface area contributed by atoms with Gasteiger partial charge >= 0.3 is 6.09 Å². The molecule has 0 aliphatic carbocycles. The van der Waals surface area contributed by atoms with Crippen molar-refractivity contribution >= 4 is 12.0 Å². The number of amides is 2. The predicted molar refractivity (Wildman–Crippen MR) is 74.1 cm³/mol. The second kappa shape index (κ2) is 6.40. The SMILES string of the molecule is CN(C)C(=O)[C@H](Cc1cnc[nH]1)NC(=O)OC(C)(C)C. The molecule has 0 bridgehead atoms. The fourth-order valence-electron chi connectivity index (χ4n) is 1.58. The first kappa shape index (κ1) is 16.0. The molecule has 0 saturated carbocycles. The van der Waals surface area contributed by atoms with Crippen molar-refractivity contribution in [2.24, 2.45) is 0 Å². The number of carbonyl (C=O) groups excluding carboxylic acids is 2. The summed E-state index contributed by atoms with van der Waals surface area (Å²) in [5.41, 5.74) is 0.158. The molecule has 2 amide bonds. The Morgan fingerprint density at radius 2 is 2.10 bits per heavy atom. The van der Waals surface area contributed by atoms with E-state index < -0.39 is 17.7 Å². The van der Waals surface area contributed by atoms with Crippen molar-refractivity contribution in [2.45, 2.75) is 38.8 Å². The van der Waals surface area contributed by atoms with E-state index >= 15 is 0 Å². The Kier molecular flexibility index (Phi) is 5.12. The molecule has 0 aromatic carbocycles. The average Bonchev–Trinajstić information content (AvgIpc) is 2.77. The van der Waals surface area contributed by atoms with Gasteiger partial charge < -0.3 is 19.9 Å². The van der Waals surface area contributed by atoms with Gasteiger partial charge in [0.1, 0.15) is 11.6 Å². The fourth-order valence-corrected chi connectivity index (χ4v) is 1.58. The lowest BCUT2D eigenvalue weighted by Gasteiger charge is -2.24. The smallest absolute Gasteiger partial charge is 0.408 e. The Morgan fingerprint density at radius 1 is 1.45 bits per heavy atom. The first-order valence-electron chi connectivity index (χ1n) is 6.37. The number of alkyl carbamates (subject to hydrolysis) is 1. The van der Waals surface area contributed by atoms with Gasteiger partial charge in [0.15, 0.2) is 0 Å². The molecule has 1 rings (SSSR count). The highest BCUT2D eigenvalue weighted by atomic mass is 16.6. The average molecular weight is 282 g/mol. The first-order valence-corrected chi connectivity index (χ1v) is 6.37. The molecule has 20 heavy (non-hydrogen) atoms. The number of H-pyrrole nitrogens is 1. The van der Waals surface area contributed by atoms with E-state index in [1.807, 2.05) is 0 Å². The third kappa shape index (κ3) is 5.29. The number of likely N-dealkylation sites (N-methyl/N-ethyl adjacent to an activating group) is 1. The maximum absolute atomic E-state index is 12.1. The van der Waals surface area contributed by atoms with Gasteiger partial charge in [-0.05, 0) is 20.8 Å². The zero-order chi connectivity index (χ0) is 15.3. The van der Waals surface area contributed by atoms with Crippen LogP contribution in [0.25, 0.3) is 0 Å². The summed E-state index contributed by atoms with van der Waals surface area (Å²) in [7, 11) is 3.28. The van der Waals surface area contributed by atoms with Gasteiger partial charge in [-0.3, -0.25) is 4.79 Å². The molecule has 112 valence electrons. The van der Waals surface area contributed by atoms with Gasteiger partial charge in [-0.2, -0.15) is 0 Å². The van der Waals surface area contributed by atoms with Crippen molar-refractivity contribution < 1.29 is 14.3 Å². The number of rotatable bonds is 4. The van der Waals surface area contributed by atoms with Gasteiger partial charge in [0, 0.05) is 32.4 Å². The highest BCUT2D eigenvalue weighted by Gasteiger charge is 2.26. The molecule has 0 aliphatic rings. The van der Waals surface area contributed by atoms with Crippen LogP contribution >= 0.6 is 0 Å². The molecule has 1 aromatic heterocycles. The number of hydrogen-bond acceptors (Lipinski definition) is 4. The van der Waals surface area contributed by atoms with E-state index in [0.29, 0.717) is 6.42 Å². The number of nitrogens with one attached hydrogen (secondary N) is 2. The van der Waals surface area contributed by atoms with Gasteiger partial charge in [-0.15, -0.1) is 0 Å². The zero-order valence-corrected chi connectivity index (χ0v) is 12.6. The van der Waals surface area contributed by atoms with E-state index in [-0.39, 0.29) is 5.91 Å². The number of nitrogens with zero attached hydrogens (tertiary/aromatic N) is 2. The maximum Gasteiger partial charge on any atom is 0.408 e. The van der Waals surface area contributed by atoms with E-state index in [2.05, 4.69) is 15.3 Å². The molecule has 0 fully saturated rings. The van der Waals surface area contributed by atoms with Crippen molar-refractivity contribution in [1.82, 2.24) is 20.2 Å². The summed E-state index contributed by atoms with van der Waals surface area (Å²) in [6.07, 6.45) is 2.86. The molecule has 0 radical (unpaired) electrons. The molecule has 7 nitrogen and oxygen atoms in total. The van der Waals surface area contributed by atoms with Crippen LogP contribution in [-0.4, -0.2) is 52.6 Å². The van der Waals surface area contributed by atoms with Crippen molar-refractivity contribution in [3.05, 3.63) is 18.2 Å². The molecule has 1 aromatic rings. The van der Waals surface area contributed by atoms with E-state index in [4.69, 9.17) is 4.74 Å². The lowest BCUT2D eigenvalue weighted by atomic mass is 10.1. The summed E-state index contributed by atoms with van der Waals surface area (Å²) in [5, 5.41) is 2.59. The van der Waals surface area contributed by atoms with Gasteiger partial charge in [-0.25, -0.2) is 9.78 Å². The van der Waals surface area contributed by atoms with Crippen LogP contribution in [0.1, 0.15) is 26.5 Å². The minimum absolute atomic E-state index is 0.203. The second-order valence-corrected chi connectivity index (χ2v) is 5.71. The van der Waals surface area contributed by atoms with Crippen LogP contribution in [-0.2, 0) is 16.0 Å². The van der Waals surface area contributed by atoms with Gasteiger partial charge in [0.25, 0.3) is 0 Å². The van der Waals surface area contributed by atoms with E-state index in [0.717, 1.165) is 5.69 Å². The fraction of sp³-hybridized carbons (Fsp3) is 0.615. The largest absolute Gasteiger partial charge is 0.444 e. The number of carbonyl (C=O) groups is 2. The zero-order valence-electron chi connectivity index (χ0n) is 12.6. The lowest BCUT2D eigenvalue weighted by Crippen LogP contribution is -2.49. The van der Waals surface area contributed by atoms with Crippen LogP contribution in [0.2, 0.25) is 0 Å². The number of aromatic amines is 1. The van der Waals surface area contributed by atoms with E-state index in [1.165, 1.54) is 11.2 Å². The Morgan fingerprint density at radius 3 is 2.55 bits per heavy atom. The summed E-state index contributed by atoms with van der Waals surface area (Å²) < 4.78 is 5.17. The summed E-state index contributed by atoms with van der Waals surface area (Å²) in [6.45, 7) is 5.30. The van der Waals surface area contributed by atoms with Crippen molar-refractivity contribution in [3.63, 3.8) is 0 Å². The molecule has 0 saturated heterocycles. The summed E-state index contributed by atoms with van der Waals surface area (Å²) in [4.78, 5) is 32.1. The third-order valence-corrected chi connectivity index (χ3v) is 2.41. The van der Waals surface area contributed by atoms with Crippen LogP contribution in [0.4, 0.5) is 4.79 Å². The number of hydrogen-bond donors (Lipinski definition) is 2. The minimum Gasteiger partial charge on any atom is -0.444 e. The van der Waals surface area contributed by atoms with Crippen LogP contribution in [0, 0.1) is 0 Å². The predicted octanol–water partition coefficient (Wildman–Crippen LogP) is 0.934. The Hall–Kier alpha value is -2.05. The number of imidazole rings is 1.